The molecule has 126 valence electrons. The largest absolute Gasteiger partial charge is 0.508 e. The first kappa shape index (κ1) is 16.7. The van der Waals surface area contributed by atoms with Gasteiger partial charge in [-0.15, -0.1) is 0 Å². The van der Waals surface area contributed by atoms with Crippen LogP contribution in [0.2, 0.25) is 0 Å². The molecule has 0 aliphatic rings. The number of carbonyl (C=O) groups excluding carboxylic acids is 1. The molecule has 0 fully saturated rings. The summed E-state index contributed by atoms with van der Waals surface area (Å²) >= 11 is 0. The van der Waals surface area contributed by atoms with Crippen molar-refractivity contribution in [3.05, 3.63) is 77.9 Å². The zero-order valence-electron chi connectivity index (χ0n) is 13.6. The molecule has 0 spiro atoms. The van der Waals surface area contributed by atoms with E-state index in [-0.39, 0.29) is 11.7 Å². The van der Waals surface area contributed by atoms with Crippen LogP contribution in [0.3, 0.4) is 0 Å². The second kappa shape index (κ2) is 7.59. The highest BCUT2D eigenvalue weighted by Crippen LogP contribution is 2.16. The Bertz CT molecular complexity index is 899. The zero-order valence-corrected chi connectivity index (χ0v) is 13.6. The van der Waals surface area contributed by atoms with Gasteiger partial charge in [-0.3, -0.25) is 4.79 Å². The molecule has 0 bridgehead atoms. The van der Waals surface area contributed by atoms with Gasteiger partial charge in [0.2, 0.25) is 0 Å². The summed E-state index contributed by atoms with van der Waals surface area (Å²) in [7, 11) is 0. The number of hydrazone groups is 1. The molecule has 0 aliphatic heterocycles. The topological polar surface area (TPSA) is 87.7 Å². The lowest BCUT2D eigenvalue weighted by atomic mass is 10.1. The normalized spacial score (nSPS) is 12.4. The number of nitrogens with one attached hydrogen (secondary N) is 1. The Labute approximate surface area is 145 Å². The fourth-order valence-corrected chi connectivity index (χ4v) is 2.59. The lowest BCUT2D eigenvalue weighted by Crippen LogP contribution is -2.39. The minimum atomic E-state index is -0.714. The van der Waals surface area contributed by atoms with Crippen molar-refractivity contribution >= 4 is 22.9 Å². The molecule has 4 N–H and O–H groups in total. The molecule has 0 aromatic heterocycles. The Morgan fingerprint density at radius 2 is 1.80 bits per heavy atom. The van der Waals surface area contributed by atoms with Crippen molar-refractivity contribution in [3.63, 3.8) is 0 Å². The molecule has 1 atom stereocenters. The van der Waals surface area contributed by atoms with Gasteiger partial charge in [-0.25, -0.2) is 5.43 Å². The number of amides is 1. The van der Waals surface area contributed by atoms with E-state index in [2.05, 4.69) is 10.5 Å². The summed E-state index contributed by atoms with van der Waals surface area (Å²) in [6.07, 6.45) is 1.99. The first-order chi connectivity index (χ1) is 12.1. The highest BCUT2D eigenvalue weighted by Gasteiger charge is 2.13. The summed E-state index contributed by atoms with van der Waals surface area (Å²) in [5.74, 6) is -0.175. The monoisotopic (exact) mass is 333 g/mol. The summed E-state index contributed by atoms with van der Waals surface area (Å²) < 4.78 is 0. The van der Waals surface area contributed by atoms with Gasteiger partial charge in [0.15, 0.2) is 0 Å². The van der Waals surface area contributed by atoms with Crippen LogP contribution in [-0.2, 0) is 11.2 Å². The third-order valence-corrected chi connectivity index (χ3v) is 3.93. The van der Waals surface area contributed by atoms with Gasteiger partial charge in [-0.2, -0.15) is 5.10 Å². The molecule has 3 aromatic carbocycles. The van der Waals surface area contributed by atoms with Gasteiger partial charge in [-0.05, 0) is 34.9 Å². The fraction of sp³-hybridized carbons (Fsp3) is 0.100. The zero-order chi connectivity index (χ0) is 17.6. The molecule has 5 nitrogen and oxygen atoms in total. The van der Waals surface area contributed by atoms with Gasteiger partial charge < -0.3 is 10.8 Å². The first-order valence-electron chi connectivity index (χ1n) is 7.97. The van der Waals surface area contributed by atoms with E-state index in [1.165, 1.54) is 0 Å². The second-order valence-electron chi connectivity index (χ2n) is 5.78. The van der Waals surface area contributed by atoms with Gasteiger partial charge in [0.1, 0.15) is 5.75 Å². The Kier molecular flexibility index (Phi) is 5.06. The van der Waals surface area contributed by atoms with Gasteiger partial charge in [0, 0.05) is 5.56 Å². The number of nitrogens with two attached hydrogens (primary N) is 1. The van der Waals surface area contributed by atoms with Crippen molar-refractivity contribution in [1.82, 2.24) is 5.43 Å². The predicted octanol–water partition coefficient (Wildman–Crippen LogP) is 2.57. The lowest BCUT2D eigenvalue weighted by molar-refractivity contribution is -0.122. The van der Waals surface area contributed by atoms with Crippen LogP contribution >= 0.6 is 0 Å². The number of rotatable bonds is 5. The molecule has 0 saturated carbocycles. The molecule has 3 aromatic rings. The van der Waals surface area contributed by atoms with Gasteiger partial charge in [0.25, 0.3) is 5.91 Å². The summed E-state index contributed by atoms with van der Waals surface area (Å²) in [6.45, 7) is 0. The summed E-state index contributed by atoms with van der Waals surface area (Å²) in [5.41, 5.74) is 10.2. The van der Waals surface area contributed by atoms with Crippen molar-refractivity contribution < 1.29 is 9.90 Å². The number of hydrogen-bond donors (Lipinski definition) is 3. The number of phenols is 1. The Balaban J connectivity index is 1.62. The molecule has 3 rings (SSSR count). The Morgan fingerprint density at radius 1 is 1.08 bits per heavy atom. The van der Waals surface area contributed by atoms with E-state index >= 15 is 0 Å². The molecule has 0 aliphatic carbocycles. The van der Waals surface area contributed by atoms with Crippen LogP contribution in [0, 0.1) is 0 Å². The van der Waals surface area contributed by atoms with Gasteiger partial charge >= 0.3 is 0 Å². The minimum absolute atomic E-state index is 0.182. The third-order valence-electron chi connectivity index (χ3n) is 3.93. The SMILES string of the molecule is NC(Cc1ccc(O)cc1)C(=O)N/N=C/c1cccc2ccccc12. The second-order valence-corrected chi connectivity index (χ2v) is 5.78. The van der Waals surface area contributed by atoms with Crippen LogP contribution in [0.5, 0.6) is 5.75 Å². The molecule has 1 unspecified atom stereocenters. The van der Waals surface area contributed by atoms with E-state index in [1.54, 1.807) is 30.5 Å². The fourth-order valence-electron chi connectivity index (χ4n) is 2.59. The average molecular weight is 333 g/mol. The van der Waals surface area contributed by atoms with Crippen LogP contribution in [0.25, 0.3) is 10.8 Å². The van der Waals surface area contributed by atoms with Crippen molar-refractivity contribution in [3.8, 4) is 5.75 Å². The molecular formula is C20H19N3O2. The number of carbonyl (C=O) groups is 1. The highest BCUT2D eigenvalue weighted by atomic mass is 16.3. The maximum absolute atomic E-state index is 12.1. The number of benzene rings is 3. The number of nitrogens with zero attached hydrogens (tertiary/aromatic N) is 1. The standard InChI is InChI=1S/C20H19N3O2/c21-19(12-14-8-10-17(24)11-9-14)20(25)23-22-13-16-6-3-5-15-4-1-2-7-18(15)16/h1-11,13,19,24H,12,21H2,(H,23,25)/b22-13+. The van der Waals surface area contributed by atoms with Crippen molar-refractivity contribution in [2.24, 2.45) is 10.8 Å². The Morgan fingerprint density at radius 3 is 2.60 bits per heavy atom. The molecule has 0 saturated heterocycles. The van der Waals surface area contributed by atoms with E-state index in [4.69, 9.17) is 5.73 Å². The quantitative estimate of drug-likeness (QED) is 0.495. The summed E-state index contributed by atoms with van der Waals surface area (Å²) in [4.78, 5) is 12.1. The van der Waals surface area contributed by atoms with E-state index in [9.17, 15) is 9.90 Å². The average Bonchev–Trinajstić information content (AvgIpc) is 2.63. The van der Waals surface area contributed by atoms with E-state index in [0.717, 1.165) is 21.9 Å². The lowest BCUT2D eigenvalue weighted by Gasteiger charge is -2.10. The molecule has 0 radical (unpaired) electrons. The number of phenolic OH excluding ortho intramolecular Hbond substituents is 1. The summed E-state index contributed by atoms with van der Waals surface area (Å²) in [6, 6.07) is 19.8. The maximum atomic E-state index is 12.1. The molecule has 5 heteroatoms. The predicted molar refractivity (Wildman–Crippen MR) is 99.5 cm³/mol. The van der Waals surface area contributed by atoms with Crippen LogP contribution in [0.15, 0.2) is 71.8 Å². The number of hydrogen-bond acceptors (Lipinski definition) is 4. The van der Waals surface area contributed by atoms with Gasteiger partial charge in [-0.1, -0.05) is 54.6 Å². The van der Waals surface area contributed by atoms with Crippen molar-refractivity contribution in [2.45, 2.75) is 12.5 Å². The van der Waals surface area contributed by atoms with Crippen LogP contribution < -0.4 is 11.2 Å². The molecule has 0 heterocycles. The third kappa shape index (κ3) is 4.22. The van der Waals surface area contributed by atoms with E-state index in [0.29, 0.717) is 6.42 Å². The highest BCUT2D eigenvalue weighted by molar-refractivity contribution is 6.00. The van der Waals surface area contributed by atoms with Crippen LogP contribution in [0.1, 0.15) is 11.1 Å². The minimum Gasteiger partial charge on any atom is -0.508 e. The first-order valence-corrected chi connectivity index (χ1v) is 7.97. The summed E-state index contributed by atoms with van der Waals surface area (Å²) in [5, 5.41) is 15.5. The molecular weight excluding hydrogens is 314 g/mol. The van der Waals surface area contributed by atoms with Crippen LogP contribution in [-0.4, -0.2) is 23.3 Å². The Hall–Kier alpha value is -3.18. The van der Waals surface area contributed by atoms with Gasteiger partial charge in [0.05, 0.1) is 12.3 Å². The number of aromatic hydroxyl groups is 1. The molecule has 25 heavy (non-hydrogen) atoms. The smallest absolute Gasteiger partial charge is 0.257 e. The number of fused-ring (bicyclic) bond motifs is 1. The molecule has 1 amide bonds. The van der Waals surface area contributed by atoms with E-state index in [1.807, 2.05) is 42.5 Å². The van der Waals surface area contributed by atoms with Crippen molar-refractivity contribution in [1.29, 1.82) is 0 Å². The van der Waals surface area contributed by atoms with Crippen molar-refractivity contribution in [2.75, 3.05) is 0 Å². The maximum Gasteiger partial charge on any atom is 0.257 e. The van der Waals surface area contributed by atoms with Crippen LogP contribution in [0.4, 0.5) is 0 Å². The van der Waals surface area contributed by atoms with E-state index < -0.39 is 6.04 Å².